The second kappa shape index (κ2) is 3.90. The third-order valence-electron chi connectivity index (χ3n) is 2.40. The Hall–Kier alpha value is -0.860. The van der Waals surface area contributed by atoms with E-state index in [0.29, 0.717) is 19.3 Å². The fraction of sp³-hybridized carbons (Fsp3) is 0.800. The van der Waals surface area contributed by atoms with Gasteiger partial charge in [0.25, 0.3) is 0 Å². The van der Waals surface area contributed by atoms with Crippen molar-refractivity contribution >= 4 is 12.3 Å². The number of hydrogen-bond donors (Lipinski definition) is 0. The Morgan fingerprint density at radius 1 is 1.62 bits per heavy atom. The van der Waals surface area contributed by atoms with Crippen LogP contribution in [0.4, 0.5) is 0 Å². The summed E-state index contributed by atoms with van der Waals surface area (Å²) in [4.78, 5) is 21.1. The summed E-state index contributed by atoms with van der Waals surface area (Å²) >= 11 is 0. The van der Waals surface area contributed by atoms with Crippen molar-refractivity contribution in [2.45, 2.75) is 45.6 Å². The van der Waals surface area contributed by atoms with Gasteiger partial charge in [0, 0.05) is 18.3 Å². The first-order valence-electron chi connectivity index (χ1n) is 4.69. The molecule has 0 heterocycles. The first-order valence-corrected chi connectivity index (χ1v) is 4.69. The van der Waals surface area contributed by atoms with E-state index >= 15 is 0 Å². The fourth-order valence-electron chi connectivity index (χ4n) is 1.17. The summed E-state index contributed by atoms with van der Waals surface area (Å²) in [6, 6.07) is 0. The van der Waals surface area contributed by atoms with Gasteiger partial charge in [-0.05, 0) is 12.8 Å². The maximum atomic E-state index is 11.1. The molecule has 0 aliphatic heterocycles. The number of aldehydes is 1. The fourth-order valence-corrected chi connectivity index (χ4v) is 1.17. The number of hydrogen-bond acceptors (Lipinski definition) is 3. The van der Waals surface area contributed by atoms with Gasteiger partial charge in [-0.2, -0.15) is 0 Å². The molecule has 0 aromatic carbocycles. The SMILES string of the molecule is CC1(C)CC1OC(=O)CCCC=O. The van der Waals surface area contributed by atoms with Crippen LogP contribution in [0.1, 0.15) is 39.5 Å². The van der Waals surface area contributed by atoms with Crippen molar-refractivity contribution < 1.29 is 14.3 Å². The van der Waals surface area contributed by atoms with Gasteiger partial charge in [-0.1, -0.05) is 13.8 Å². The number of ether oxygens (including phenoxy) is 1. The Bertz CT molecular complexity index is 208. The van der Waals surface area contributed by atoms with E-state index in [1.807, 2.05) is 0 Å². The van der Waals surface area contributed by atoms with Crippen LogP contribution in [0.15, 0.2) is 0 Å². The minimum Gasteiger partial charge on any atom is -0.462 e. The Morgan fingerprint density at radius 2 is 2.23 bits per heavy atom. The predicted octanol–water partition coefficient (Wildman–Crippen LogP) is 1.70. The van der Waals surface area contributed by atoms with Gasteiger partial charge in [0.05, 0.1) is 0 Å². The van der Waals surface area contributed by atoms with E-state index in [9.17, 15) is 9.59 Å². The molecular formula is C10H16O3. The van der Waals surface area contributed by atoms with Crippen molar-refractivity contribution in [3.05, 3.63) is 0 Å². The molecule has 13 heavy (non-hydrogen) atoms. The zero-order chi connectivity index (χ0) is 9.90. The highest BCUT2D eigenvalue weighted by Crippen LogP contribution is 2.47. The summed E-state index contributed by atoms with van der Waals surface area (Å²) in [6.07, 6.45) is 3.32. The minimum atomic E-state index is -0.169. The van der Waals surface area contributed by atoms with Gasteiger partial charge in [-0.25, -0.2) is 0 Å². The molecule has 0 spiro atoms. The standard InChI is InChI=1S/C10H16O3/c1-10(2)7-8(10)13-9(12)5-3-4-6-11/h6,8H,3-5,7H2,1-2H3. The van der Waals surface area contributed by atoms with Gasteiger partial charge >= 0.3 is 5.97 Å². The van der Waals surface area contributed by atoms with Crippen molar-refractivity contribution in [3.63, 3.8) is 0 Å². The maximum Gasteiger partial charge on any atom is 0.306 e. The lowest BCUT2D eigenvalue weighted by Gasteiger charge is -2.05. The molecule has 1 fully saturated rings. The monoisotopic (exact) mass is 184 g/mol. The smallest absolute Gasteiger partial charge is 0.306 e. The Morgan fingerprint density at radius 3 is 2.69 bits per heavy atom. The van der Waals surface area contributed by atoms with Crippen LogP contribution in [-0.2, 0) is 14.3 Å². The molecule has 0 aromatic heterocycles. The average Bonchev–Trinajstić information content (AvgIpc) is 2.59. The summed E-state index contributed by atoms with van der Waals surface area (Å²) in [5.41, 5.74) is 0.181. The molecule has 0 bridgehead atoms. The molecule has 1 unspecified atom stereocenters. The van der Waals surface area contributed by atoms with Gasteiger partial charge < -0.3 is 9.53 Å². The van der Waals surface area contributed by atoms with E-state index < -0.39 is 0 Å². The van der Waals surface area contributed by atoms with Crippen LogP contribution >= 0.6 is 0 Å². The summed E-state index contributed by atoms with van der Waals surface area (Å²) < 4.78 is 5.17. The number of carbonyl (C=O) groups is 2. The molecule has 1 aliphatic rings. The van der Waals surface area contributed by atoms with Crippen molar-refractivity contribution in [1.29, 1.82) is 0 Å². The highest BCUT2D eigenvalue weighted by atomic mass is 16.5. The number of carbonyl (C=O) groups excluding carboxylic acids is 2. The molecular weight excluding hydrogens is 168 g/mol. The number of esters is 1. The normalized spacial score (nSPS) is 23.7. The quantitative estimate of drug-likeness (QED) is 0.371. The van der Waals surface area contributed by atoms with Gasteiger partial charge in [0.1, 0.15) is 12.4 Å². The van der Waals surface area contributed by atoms with E-state index in [-0.39, 0.29) is 17.5 Å². The first-order chi connectivity index (χ1) is 6.06. The number of rotatable bonds is 5. The van der Waals surface area contributed by atoms with Gasteiger partial charge in [0.2, 0.25) is 0 Å². The summed E-state index contributed by atoms with van der Waals surface area (Å²) in [6.45, 7) is 4.16. The van der Waals surface area contributed by atoms with Gasteiger partial charge in [0.15, 0.2) is 0 Å². The molecule has 3 nitrogen and oxygen atoms in total. The van der Waals surface area contributed by atoms with Crippen LogP contribution in [0.2, 0.25) is 0 Å². The van der Waals surface area contributed by atoms with Crippen molar-refractivity contribution in [2.75, 3.05) is 0 Å². The second-order valence-corrected chi connectivity index (χ2v) is 4.23. The van der Waals surface area contributed by atoms with Crippen LogP contribution in [0.5, 0.6) is 0 Å². The summed E-state index contributed by atoms with van der Waals surface area (Å²) in [5, 5.41) is 0. The van der Waals surface area contributed by atoms with Crippen molar-refractivity contribution in [2.24, 2.45) is 5.41 Å². The van der Waals surface area contributed by atoms with E-state index in [1.165, 1.54) is 0 Å². The number of unbranched alkanes of at least 4 members (excludes halogenated alkanes) is 1. The largest absolute Gasteiger partial charge is 0.462 e. The lowest BCUT2D eigenvalue weighted by Crippen LogP contribution is -2.09. The molecule has 0 amide bonds. The zero-order valence-corrected chi connectivity index (χ0v) is 8.21. The van der Waals surface area contributed by atoms with Crippen LogP contribution in [-0.4, -0.2) is 18.4 Å². The summed E-state index contributed by atoms with van der Waals surface area (Å²) in [7, 11) is 0. The molecule has 1 aliphatic carbocycles. The third-order valence-corrected chi connectivity index (χ3v) is 2.40. The molecule has 1 atom stereocenters. The summed E-state index contributed by atoms with van der Waals surface area (Å²) in [5.74, 6) is -0.169. The molecule has 1 rings (SSSR count). The van der Waals surface area contributed by atoms with Crippen LogP contribution in [0.25, 0.3) is 0 Å². The highest BCUT2D eigenvalue weighted by Gasteiger charge is 2.48. The maximum absolute atomic E-state index is 11.1. The lowest BCUT2D eigenvalue weighted by molar-refractivity contribution is -0.146. The van der Waals surface area contributed by atoms with E-state index in [0.717, 1.165) is 12.7 Å². The molecule has 0 aromatic rings. The third kappa shape index (κ3) is 3.17. The van der Waals surface area contributed by atoms with Crippen molar-refractivity contribution in [3.8, 4) is 0 Å². The van der Waals surface area contributed by atoms with E-state index in [1.54, 1.807) is 0 Å². The van der Waals surface area contributed by atoms with Gasteiger partial charge in [-0.3, -0.25) is 4.79 Å². The van der Waals surface area contributed by atoms with E-state index in [2.05, 4.69) is 13.8 Å². The molecule has 0 N–H and O–H groups in total. The zero-order valence-electron chi connectivity index (χ0n) is 8.21. The first kappa shape index (κ1) is 10.2. The molecule has 74 valence electrons. The molecule has 0 radical (unpaired) electrons. The van der Waals surface area contributed by atoms with Crippen LogP contribution in [0, 0.1) is 5.41 Å². The van der Waals surface area contributed by atoms with E-state index in [4.69, 9.17) is 4.74 Å². The second-order valence-electron chi connectivity index (χ2n) is 4.23. The predicted molar refractivity (Wildman–Crippen MR) is 48.2 cm³/mol. The van der Waals surface area contributed by atoms with Crippen LogP contribution < -0.4 is 0 Å². The molecule has 1 saturated carbocycles. The molecule has 0 saturated heterocycles. The Kier molecular flexibility index (Phi) is 3.07. The highest BCUT2D eigenvalue weighted by molar-refractivity contribution is 5.70. The topological polar surface area (TPSA) is 43.4 Å². The Balaban J connectivity index is 2.09. The van der Waals surface area contributed by atoms with Crippen LogP contribution in [0.3, 0.4) is 0 Å². The van der Waals surface area contributed by atoms with Crippen molar-refractivity contribution in [1.82, 2.24) is 0 Å². The lowest BCUT2D eigenvalue weighted by atomic mass is 10.2. The average molecular weight is 184 g/mol. The molecule has 3 heteroatoms. The minimum absolute atomic E-state index is 0.108. The van der Waals surface area contributed by atoms with Gasteiger partial charge in [-0.15, -0.1) is 0 Å². The Labute approximate surface area is 78.5 Å².